The third-order valence-electron chi connectivity index (χ3n) is 2.35. The number of nitriles is 1. The molecular weight excluding hydrogens is 192 g/mol. The van der Waals surface area contributed by atoms with E-state index in [1.807, 2.05) is 37.2 Å². The zero-order valence-corrected chi connectivity index (χ0v) is 8.73. The third-order valence-corrected chi connectivity index (χ3v) is 2.35. The lowest BCUT2D eigenvalue weighted by Crippen LogP contribution is -2.18. The van der Waals surface area contributed by atoms with Gasteiger partial charge in [-0.15, -0.1) is 0 Å². The fraction of sp³-hybridized carbons (Fsp3) is 0.364. The topological polar surface area (TPSA) is 45.5 Å². The summed E-state index contributed by atoms with van der Waals surface area (Å²) in [6.45, 7) is 0.262. The smallest absolute Gasteiger partial charge is 0.231 e. The molecule has 0 unspecified atom stereocenters. The summed E-state index contributed by atoms with van der Waals surface area (Å²) < 4.78 is 10.5. The first-order valence-electron chi connectivity index (χ1n) is 4.68. The molecule has 0 amide bonds. The molecule has 0 bridgehead atoms. The highest BCUT2D eigenvalue weighted by Gasteiger charge is 2.18. The van der Waals surface area contributed by atoms with E-state index in [1.165, 1.54) is 0 Å². The Morgan fingerprint density at radius 1 is 1.33 bits per heavy atom. The van der Waals surface area contributed by atoms with Crippen LogP contribution in [0.15, 0.2) is 18.2 Å². The molecule has 4 nitrogen and oxygen atoms in total. The van der Waals surface area contributed by atoms with Crippen molar-refractivity contribution in [1.29, 1.82) is 5.26 Å². The van der Waals surface area contributed by atoms with Crippen molar-refractivity contribution in [3.63, 3.8) is 0 Å². The molecule has 1 aromatic carbocycles. The van der Waals surface area contributed by atoms with Gasteiger partial charge in [-0.05, 0) is 31.8 Å². The highest BCUT2D eigenvalue weighted by atomic mass is 16.7. The Hall–Kier alpha value is -1.73. The Morgan fingerprint density at radius 2 is 2.07 bits per heavy atom. The van der Waals surface area contributed by atoms with E-state index in [1.54, 1.807) is 0 Å². The summed E-state index contributed by atoms with van der Waals surface area (Å²) in [5.74, 6) is 1.46. The molecule has 0 radical (unpaired) electrons. The summed E-state index contributed by atoms with van der Waals surface area (Å²) in [6, 6.07) is 7.57. The van der Waals surface area contributed by atoms with E-state index < -0.39 is 0 Å². The molecule has 15 heavy (non-hydrogen) atoms. The first-order valence-corrected chi connectivity index (χ1v) is 4.68. The number of benzene rings is 1. The fourth-order valence-electron chi connectivity index (χ4n) is 1.57. The second-order valence-corrected chi connectivity index (χ2v) is 3.61. The number of rotatable bonds is 2. The third kappa shape index (κ3) is 1.74. The maximum Gasteiger partial charge on any atom is 0.231 e. The van der Waals surface area contributed by atoms with Crippen molar-refractivity contribution in [2.45, 2.75) is 6.04 Å². The van der Waals surface area contributed by atoms with E-state index in [2.05, 4.69) is 6.07 Å². The van der Waals surface area contributed by atoms with Crippen LogP contribution in [-0.2, 0) is 0 Å². The lowest BCUT2D eigenvalue weighted by molar-refractivity contribution is 0.174. The minimum Gasteiger partial charge on any atom is -0.454 e. The fourth-order valence-corrected chi connectivity index (χ4v) is 1.57. The maximum absolute atomic E-state index is 9.03. The van der Waals surface area contributed by atoms with Crippen molar-refractivity contribution in [1.82, 2.24) is 4.90 Å². The maximum atomic E-state index is 9.03. The Labute approximate surface area is 88.6 Å². The van der Waals surface area contributed by atoms with Gasteiger partial charge in [-0.25, -0.2) is 0 Å². The van der Waals surface area contributed by atoms with E-state index in [0.717, 1.165) is 17.1 Å². The van der Waals surface area contributed by atoms with E-state index in [9.17, 15) is 0 Å². The highest BCUT2D eigenvalue weighted by molar-refractivity contribution is 5.46. The molecular formula is C11H12N2O2. The highest BCUT2D eigenvalue weighted by Crippen LogP contribution is 2.34. The van der Waals surface area contributed by atoms with Crippen LogP contribution in [0.25, 0.3) is 0 Å². The zero-order valence-electron chi connectivity index (χ0n) is 8.73. The molecule has 0 aromatic heterocycles. The summed E-state index contributed by atoms with van der Waals surface area (Å²) in [7, 11) is 3.75. The number of fused-ring (bicyclic) bond motifs is 1. The van der Waals surface area contributed by atoms with Crippen molar-refractivity contribution in [3.8, 4) is 17.6 Å². The monoisotopic (exact) mass is 204 g/mol. The molecule has 0 N–H and O–H groups in total. The molecule has 0 spiro atoms. The molecule has 1 aromatic rings. The Morgan fingerprint density at radius 3 is 2.73 bits per heavy atom. The number of ether oxygens (including phenoxy) is 2. The van der Waals surface area contributed by atoms with Crippen LogP contribution in [0.4, 0.5) is 0 Å². The minimum atomic E-state index is -0.250. The van der Waals surface area contributed by atoms with Gasteiger partial charge in [0.15, 0.2) is 11.5 Å². The van der Waals surface area contributed by atoms with Gasteiger partial charge in [-0.2, -0.15) is 5.26 Å². The van der Waals surface area contributed by atoms with Crippen LogP contribution in [0.3, 0.4) is 0 Å². The molecule has 0 saturated heterocycles. The summed E-state index contributed by atoms with van der Waals surface area (Å²) in [5.41, 5.74) is 0.923. The van der Waals surface area contributed by atoms with Gasteiger partial charge in [0.25, 0.3) is 0 Å². The van der Waals surface area contributed by atoms with Crippen molar-refractivity contribution < 1.29 is 9.47 Å². The van der Waals surface area contributed by atoms with Gasteiger partial charge in [0.05, 0.1) is 6.07 Å². The lowest BCUT2D eigenvalue weighted by atomic mass is 10.1. The minimum absolute atomic E-state index is 0.250. The molecule has 4 heteroatoms. The van der Waals surface area contributed by atoms with Crippen LogP contribution >= 0.6 is 0 Å². The van der Waals surface area contributed by atoms with Crippen LogP contribution in [0, 0.1) is 11.3 Å². The molecule has 2 rings (SSSR count). The normalized spacial score (nSPS) is 15.1. The molecule has 0 aliphatic carbocycles. The zero-order chi connectivity index (χ0) is 10.8. The van der Waals surface area contributed by atoms with Crippen LogP contribution in [0.2, 0.25) is 0 Å². The van der Waals surface area contributed by atoms with Gasteiger partial charge >= 0.3 is 0 Å². The van der Waals surface area contributed by atoms with Crippen molar-refractivity contribution in [2.24, 2.45) is 0 Å². The van der Waals surface area contributed by atoms with Crippen LogP contribution in [0.5, 0.6) is 11.5 Å². The molecule has 0 saturated carbocycles. The molecule has 1 heterocycles. The van der Waals surface area contributed by atoms with Crippen LogP contribution < -0.4 is 9.47 Å². The van der Waals surface area contributed by atoms with Gasteiger partial charge in [-0.3, -0.25) is 4.90 Å². The summed E-state index contributed by atoms with van der Waals surface area (Å²) in [6.07, 6.45) is 0. The second kappa shape index (κ2) is 3.79. The molecule has 1 aliphatic heterocycles. The van der Waals surface area contributed by atoms with Crippen molar-refractivity contribution in [3.05, 3.63) is 23.8 Å². The Kier molecular flexibility index (Phi) is 2.48. The largest absolute Gasteiger partial charge is 0.454 e. The molecule has 78 valence electrons. The van der Waals surface area contributed by atoms with Gasteiger partial charge in [-0.1, -0.05) is 6.07 Å². The predicted octanol–water partition coefficient (Wildman–Crippen LogP) is 1.54. The summed E-state index contributed by atoms with van der Waals surface area (Å²) in [4.78, 5) is 1.86. The molecule has 0 fully saturated rings. The quantitative estimate of drug-likeness (QED) is 0.733. The van der Waals surface area contributed by atoms with E-state index in [4.69, 9.17) is 14.7 Å². The number of hydrogen-bond acceptors (Lipinski definition) is 4. The van der Waals surface area contributed by atoms with Gasteiger partial charge < -0.3 is 9.47 Å². The first kappa shape index (κ1) is 9.81. The Bertz CT molecular complexity index is 410. The SMILES string of the molecule is CN(C)[C@@H](C#N)c1ccc2c(c1)OCO2. The Balaban J connectivity index is 2.34. The van der Waals surface area contributed by atoms with E-state index in [0.29, 0.717) is 0 Å². The van der Waals surface area contributed by atoms with Crippen LogP contribution in [-0.4, -0.2) is 25.8 Å². The molecule has 1 atom stereocenters. The van der Waals surface area contributed by atoms with E-state index in [-0.39, 0.29) is 12.8 Å². The number of nitrogens with zero attached hydrogens (tertiary/aromatic N) is 2. The molecule has 1 aliphatic rings. The van der Waals surface area contributed by atoms with Crippen molar-refractivity contribution >= 4 is 0 Å². The predicted molar refractivity (Wildman–Crippen MR) is 54.6 cm³/mol. The van der Waals surface area contributed by atoms with Gasteiger partial charge in [0.1, 0.15) is 6.04 Å². The van der Waals surface area contributed by atoms with E-state index >= 15 is 0 Å². The average molecular weight is 204 g/mol. The summed E-state index contributed by atoms with van der Waals surface area (Å²) in [5, 5.41) is 9.03. The number of hydrogen-bond donors (Lipinski definition) is 0. The second-order valence-electron chi connectivity index (χ2n) is 3.61. The average Bonchev–Trinajstić information content (AvgIpc) is 2.65. The lowest BCUT2D eigenvalue weighted by Gasteiger charge is -2.17. The summed E-state index contributed by atoms with van der Waals surface area (Å²) >= 11 is 0. The van der Waals surface area contributed by atoms with Gasteiger partial charge in [0, 0.05) is 0 Å². The van der Waals surface area contributed by atoms with Gasteiger partial charge in [0.2, 0.25) is 6.79 Å². The van der Waals surface area contributed by atoms with Crippen molar-refractivity contribution in [2.75, 3.05) is 20.9 Å². The standard InChI is InChI=1S/C11H12N2O2/c1-13(2)9(6-12)8-3-4-10-11(5-8)15-7-14-10/h3-5,9H,7H2,1-2H3/t9-/m0/s1. The van der Waals surface area contributed by atoms with Crippen LogP contribution in [0.1, 0.15) is 11.6 Å². The first-order chi connectivity index (χ1) is 7.22.